The molecule has 1 unspecified atom stereocenters. The number of benzene rings is 1. The van der Waals surface area contributed by atoms with E-state index in [1.165, 1.54) is 0 Å². The first-order chi connectivity index (χ1) is 16.4. The van der Waals surface area contributed by atoms with Gasteiger partial charge in [-0.2, -0.15) is 0 Å². The van der Waals surface area contributed by atoms with E-state index in [2.05, 4.69) is 27.1 Å². The third-order valence-corrected chi connectivity index (χ3v) is 7.12. The molecule has 1 aliphatic heterocycles. The minimum atomic E-state index is -0.303. The predicted molar refractivity (Wildman–Crippen MR) is 130 cm³/mol. The maximum atomic E-state index is 13.0. The van der Waals surface area contributed by atoms with E-state index < -0.39 is 0 Å². The number of aryl methyl sites for hydroxylation is 1. The summed E-state index contributed by atoms with van der Waals surface area (Å²) in [4.78, 5) is 42.7. The topological polar surface area (TPSA) is 98.0 Å². The highest BCUT2D eigenvalue weighted by Gasteiger charge is 2.24. The molecule has 0 radical (unpaired) electrons. The molecular weight excluding hydrogens is 430 g/mol. The lowest BCUT2D eigenvalue weighted by molar-refractivity contribution is 0.0922. The normalized spacial score (nSPS) is 19.0. The summed E-state index contributed by atoms with van der Waals surface area (Å²) in [5.74, 6) is 0.242. The summed E-state index contributed by atoms with van der Waals surface area (Å²) in [6, 6.07) is 7.82. The van der Waals surface area contributed by atoms with E-state index in [1.54, 1.807) is 23.9 Å². The van der Waals surface area contributed by atoms with Crippen LogP contribution in [0.2, 0.25) is 0 Å². The Morgan fingerprint density at radius 1 is 1.03 bits per heavy atom. The number of hydrogen-bond donors (Lipinski definition) is 2. The smallest absolute Gasteiger partial charge is 0.287 e. The Labute approximate surface area is 198 Å². The summed E-state index contributed by atoms with van der Waals surface area (Å²) < 4.78 is 3.71. The van der Waals surface area contributed by atoms with Gasteiger partial charge in [-0.05, 0) is 50.8 Å². The zero-order valence-corrected chi connectivity index (χ0v) is 19.8. The second kappa shape index (κ2) is 9.08. The number of rotatable bonds is 4. The molecule has 1 saturated carbocycles. The van der Waals surface area contributed by atoms with Crippen molar-refractivity contribution in [1.82, 2.24) is 19.4 Å². The Morgan fingerprint density at radius 2 is 1.79 bits per heavy atom. The molecule has 8 heteroatoms. The molecule has 0 spiro atoms. The third kappa shape index (κ3) is 4.24. The van der Waals surface area contributed by atoms with E-state index in [-0.39, 0.29) is 35.5 Å². The highest BCUT2D eigenvalue weighted by Crippen LogP contribution is 2.31. The fraction of sp³-hybridized carbons (Fsp3) is 0.462. The van der Waals surface area contributed by atoms with Gasteiger partial charge in [0, 0.05) is 48.2 Å². The zero-order chi connectivity index (χ0) is 23.8. The number of aromatic nitrogens is 3. The molecule has 178 valence electrons. The number of carbonyl (C=O) groups is 3. The van der Waals surface area contributed by atoms with Gasteiger partial charge in [0.25, 0.3) is 11.8 Å². The summed E-state index contributed by atoms with van der Waals surface area (Å²) in [5.41, 5.74) is 2.10. The lowest BCUT2D eigenvalue weighted by Crippen LogP contribution is -2.34. The molecule has 1 aromatic carbocycles. The van der Waals surface area contributed by atoms with Crippen LogP contribution in [0.25, 0.3) is 10.9 Å². The Morgan fingerprint density at radius 3 is 2.59 bits per heavy atom. The minimum Gasteiger partial charge on any atom is -0.347 e. The third-order valence-electron chi connectivity index (χ3n) is 7.12. The van der Waals surface area contributed by atoms with Crippen molar-refractivity contribution in [3.8, 4) is 0 Å². The Bertz CT molecular complexity index is 1260. The van der Waals surface area contributed by atoms with Crippen LogP contribution in [0.15, 0.2) is 30.5 Å². The molecule has 2 aromatic heterocycles. The number of carbonyl (C=O) groups excluding carboxylic acids is 3. The van der Waals surface area contributed by atoms with E-state index >= 15 is 0 Å². The summed E-state index contributed by atoms with van der Waals surface area (Å²) in [7, 11) is 1.75. The van der Waals surface area contributed by atoms with Gasteiger partial charge in [0.2, 0.25) is 5.82 Å². The first-order valence-electron chi connectivity index (χ1n) is 12.2. The van der Waals surface area contributed by atoms with Gasteiger partial charge in [0.1, 0.15) is 0 Å². The number of nitrogens with one attached hydrogen (secondary N) is 2. The molecule has 2 aliphatic rings. The number of ketones is 1. The van der Waals surface area contributed by atoms with Crippen LogP contribution < -0.4 is 10.6 Å². The number of Topliss-reactive ketones (excluding diaryl/α,β-unsaturated/α-hetero) is 1. The van der Waals surface area contributed by atoms with Gasteiger partial charge in [-0.3, -0.25) is 14.4 Å². The molecule has 2 amide bonds. The monoisotopic (exact) mass is 461 g/mol. The van der Waals surface area contributed by atoms with Gasteiger partial charge in [0.05, 0.1) is 5.69 Å². The van der Waals surface area contributed by atoms with Gasteiger partial charge in [-0.1, -0.05) is 25.3 Å². The van der Waals surface area contributed by atoms with Gasteiger partial charge >= 0.3 is 0 Å². The summed E-state index contributed by atoms with van der Waals surface area (Å²) in [6.07, 6.45) is 9.40. The molecule has 8 nitrogen and oxygen atoms in total. The van der Waals surface area contributed by atoms with Crippen LogP contribution in [0.3, 0.4) is 0 Å². The predicted octanol–water partition coefficient (Wildman–Crippen LogP) is 4.62. The lowest BCUT2D eigenvalue weighted by atomic mass is 10.0. The highest BCUT2D eigenvalue weighted by molar-refractivity contribution is 6.07. The average Bonchev–Trinajstić information content (AvgIpc) is 3.53. The second-order valence-electron chi connectivity index (χ2n) is 9.66. The van der Waals surface area contributed by atoms with Crippen LogP contribution in [-0.2, 0) is 7.05 Å². The van der Waals surface area contributed by atoms with Crippen LogP contribution in [0, 0.1) is 0 Å². The van der Waals surface area contributed by atoms with Crippen LogP contribution in [0.5, 0.6) is 0 Å². The maximum Gasteiger partial charge on any atom is 0.287 e. The van der Waals surface area contributed by atoms with Crippen molar-refractivity contribution in [1.29, 1.82) is 0 Å². The number of fused-ring (bicyclic) bond motifs is 3. The van der Waals surface area contributed by atoms with Crippen molar-refractivity contribution in [2.75, 3.05) is 5.32 Å². The molecule has 5 rings (SSSR count). The number of imidazole rings is 1. The summed E-state index contributed by atoms with van der Waals surface area (Å²) in [6.45, 7) is 2.13. The van der Waals surface area contributed by atoms with E-state index in [4.69, 9.17) is 0 Å². The van der Waals surface area contributed by atoms with Gasteiger partial charge in [0.15, 0.2) is 11.6 Å². The number of hydrogen-bond acceptors (Lipinski definition) is 4. The van der Waals surface area contributed by atoms with Crippen molar-refractivity contribution < 1.29 is 14.4 Å². The maximum absolute atomic E-state index is 13.0. The average molecular weight is 462 g/mol. The summed E-state index contributed by atoms with van der Waals surface area (Å²) >= 11 is 0. The molecule has 0 bridgehead atoms. The molecule has 3 aromatic rings. The van der Waals surface area contributed by atoms with Crippen molar-refractivity contribution in [2.45, 2.75) is 70.4 Å². The van der Waals surface area contributed by atoms with Gasteiger partial charge in [-0.25, -0.2) is 4.98 Å². The van der Waals surface area contributed by atoms with Crippen LogP contribution >= 0.6 is 0 Å². The van der Waals surface area contributed by atoms with Gasteiger partial charge in [-0.15, -0.1) is 0 Å². The van der Waals surface area contributed by atoms with Crippen LogP contribution in [-0.4, -0.2) is 37.8 Å². The lowest BCUT2D eigenvalue weighted by Gasteiger charge is -2.21. The van der Waals surface area contributed by atoms with Crippen molar-refractivity contribution >= 4 is 34.3 Å². The first kappa shape index (κ1) is 22.4. The van der Waals surface area contributed by atoms with E-state index in [0.717, 1.165) is 61.5 Å². The fourth-order valence-electron chi connectivity index (χ4n) is 5.28. The largest absolute Gasteiger partial charge is 0.347 e. The van der Waals surface area contributed by atoms with E-state index in [1.807, 2.05) is 18.2 Å². The SMILES string of the molecule is CC1CCCCC(=O)c2cc3ccc(C(=O)Nc4cn(C)c(C(=O)NC5CCCC5)n4)cc3n21. The van der Waals surface area contributed by atoms with E-state index in [9.17, 15) is 14.4 Å². The minimum absolute atomic E-state index is 0.158. The number of amides is 2. The molecule has 1 fully saturated rings. The molecule has 1 atom stereocenters. The zero-order valence-electron chi connectivity index (χ0n) is 19.8. The fourth-order valence-corrected chi connectivity index (χ4v) is 5.28. The van der Waals surface area contributed by atoms with Crippen molar-refractivity contribution in [3.63, 3.8) is 0 Å². The second-order valence-corrected chi connectivity index (χ2v) is 9.66. The highest BCUT2D eigenvalue weighted by atomic mass is 16.2. The number of nitrogens with zero attached hydrogens (tertiary/aromatic N) is 3. The van der Waals surface area contributed by atoms with Crippen molar-refractivity contribution in [3.05, 3.63) is 47.5 Å². The first-order valence-corrected chi connectivity index (χ1v) is 12.2. The van der Waals surface area contributed by atoms with E-state index in [0.29, 0.717) is 17.8 Å². The Hall–Kier alpha value is -3.42. The van der Waals surface area contributed by atoms with Crippen LogP contribution in [0.4, 0.5) is 5.82 Å². The van der Waals surface area contributed by atoms with Crippen molar-refractivity contribution in [2.24, 2.45) is 7.05 Å². The molecule has 2 N–H and O–H groups in total. The molecule has 0 saturated heterocycles. The molecule has 34 heavy (non-hydrogen) atoms. The molecule has 1 aliphatic carbocycles. The summed E-state index contributed by atoms with van der Waals surface area (Å²) in [5, 5.41) is 6.81. The Balaban J connectivity index is 1.38. The standard InChI is InChI=1S/C26H31N5O3/c1-16-7-3-6-10-22(32)21-13-17-11-12-18(14-20(17)31(16)21)25(33)29-23-15-30(2)24(28-23)26(34)27-19-8-4-5-9-19/h11-16,19H,3-10H2,1-2H3,(H,27,34)(H,29,33). The number of anilines is 1. The van der Waals surface area contributed by atoms with Gasteiger partial charge < -0.3 is 19.8 Å². The molecular formula is C26H31N5O3. The quantitative estimate of drug-likeness (QED) is 0.592. The Kier molecular flexibility index (Phi) is 5.98. The van der Waals surface area contributed by atoms with Crippen LogP contribution in [0.1, 0.15) is 95.8 Å². The molecule has 3 heterocycles.